The first-order valence-electron chi connectivity index (χ1n) is 3.66. The molecule has 0 aromatic heterocycles. The standard InChI is InChI=1S/C7H11ClN2.ClH/c1-3-2-4(9)10-7-5(3)6(7)8;/h3,5-7H,2H2,1H3,(H2,9,10);1H/t3-,5-,6+,7-;/m0./s1. The molecule has 1 heterocycles. The Labute approximate surface area is 77.6 Å². The van der Waals surface area contributed by atoms with Crippen LogP contribution in [0.4, 0.5) is 0 Å². The number of fused-ring (bicyclic) bond motifs is 1. The van der Waals surface area contributed by atoms with E-state index in [0.717, 1.165) is 12.3 Å². The number of hydrogen-bond acceptors (Lipinski definition) is 2. The first-order valence-corrected chi connectivity index (χ1v) is 4.10. The smallest absolute Gasteiger partial charge is 0.0944 e. The molecule has 2 nitrogen and oxygen atoms in total. The van der Waals surface area contributed by atoms with Gasteiger partial charge in [-0.3, -0.25) is 4.99 Å². The van der Waals surface area contributed by atoms with Crippen molar-refractivity contribution in [2.75, 3.05) is 0 Å². The molecule has 1 saturated carbocycles. The zero-order valence-corrected chi connectivity index (χ0v) is 7.90. The Morgan fingerprint density at radius 3 is 2.82 bits per heavy atom. The fourth-order valence-corrected chi connectivity index (χ4v) is 2.34. The molecule has 2 N–H and O–H groups in total. The second-order valence-corrected chi connectivity index (χ2v) is 3.82. The van der Waals surface area contributed by atoms with Crippen LogP contribution >= 0.6 is 24.0 Å². The molecule has 4 atom stereocenters. The third kappa shape index (κ3) is 1.34. The van der Waals surface area contributed by atoms with E-state index in [1.165, 1.54) is 0 Å². The lowest BCUT2D eigenvalue weighted by atomic mass is 9.99. The molecule has 0 unspecified atom stereocenters. The normalized spacial score (nSPS) is 46.9. The third-order valence-corrected chi connectivity index (χ3v) is 3.00. The third-order valence-electron chi connectivity index (χ3n) is 2.45. The van der Waals surface area contributed by atoms with Crippen molar-refractivity contribution in [3.63, 3.8) is 0 Å². The predicted molar refractivity (Wildman–Crippen MR) is 49.6 cm³/mol. The summed E-state index contributed by atoms with van der Waals surface area (Å²) in [6.07, 6.45) is 0.935. The Morgan fingerprint density at radius 2 is 2.27 bits per heavy atom. The van der Waals surface area contributed by atoms with Gasteiger partial charge in [0.15, 0.2) is 0 Å². The van der Waals surface area contributed by atoms with Crippen molar-refractivity contribution in [2.24, 2.45) is 22.6 Å². The van der Waals surface area contributed by atoms with Gasteiger partial charge in [-0.05, 0) is 5.92 Å². The summed E-state index contributed by atoms with van der Waals surface area (Å²) in [6.45, 7) is 2.20. The van der Waals surface area contributed by atoms with Gasteiger partial charge in [0.1, 0.15) is 0 Å². The van der Waals surface area contributed by atoms with E-state index in [2.05, 4.69) is 11.9 Å². The molecule has 2 aliphatic rings. The molecule has 1 aliphatic carbocycles. The van der Waals surface area contributed by atoms with Gasteiger partial charge in [-0.15, -0.1) is 24.0 Å². The van der Waals surface area contributed by atoms with E-state index in [0.29, 0.717) is 17.9 Å². The molecule has 0 aromatic carbocycles. The number of nitrogens with zero attached hydrogens (tertiary/aromatic N) is 1. The van der Waals surface area contributed by atoms with Crippen molar-refractivity contribution >= 4 is 29.8 Å². The second kappa shape index (κ2) is 2.83. The minimum Gasteiger partial charge on any atom is -0.387 e. The molecule has 0 saturated heterocycles. The zero-order valence-electron chi connectivity index (χ0n) is 6.33. The van der Waals surface area contributed by atoms with Gasteiger partial charge in [0, 0.05) is 12.3 Å². The molecule has 1 aliphatic heterocycles. The molecule has 1 fully saturated rings. The summed E-state index contributed by atoms with van der Waals surface area (Å²) in [7, 11) is 0. The molecule has 64 valence electrons. The van der Waals surface area contributed by atoms with Crippen LogP contribution in [0, 0.1) is 11.8 Å². The summed E-state index contributed by atoms with van der Waals surface area (Å²) in [4.78, 5) is 4.25. The lowest BCUT2D eigenvalue weighted by Gasteiger charge is -2.13. The monoisotopic (exact) mass is 194 g/mol. The fraction of sp³-hybridized carbons (Fsp3) is 0.857. The van der Waals surface area contributed by atoms with Crippen LogP contribution in [0.3, 0.4) is 0 Å². The lowest BCUT2D eigenvalue weighted by Crippen LogP contribution is -2.22. The maximum absolute atomic E-state index is 5.96. The Morgan fingerprint density at radius 1 is 1.64 bits per heavy atom. The van der Waals surface area contributed by atoms with E-state index in [-0.39, 0.29) is 17.8 Å². The maximum Gasteiger partial charge on any atom is 0.0944 e. The highest BCUT2D eigenvalue weighted by Gasteiger charge is 2.54. The number of halogens is 2. The van der Waals surface area contributed by atoms with E-state index in [4.69, 9.17) is 17.3 Å². The largest absolute Gasteiger partial charge is 0.387 e. The van der Waals surface area contributed by atoms with Crippen molar-refractivity contribution in [1.29, 1.82) is 0 Å². The molecular weight excluding hydrogens is 183 g/mol. The van der Waals surface area contributed by atoms with Crippen LogP contribution in [0.1, 0.15) is 13.3 Å². The minimum absolute atomic E-state index is 0. The average molecular weight is 195 g/mol. The zero-order chi connectivity index (χ0) is 7.30. The van der Waals surface area contributed by atoms with Gasteiger partial charge >= 0.3 is 0 Å². The summed E-state index contributed by atoms with van der Waals surface area (Å²) in [5, 5.41) is 0.274. The fourth-order valence-electron chi connectivity index (χ4n) is 1.80. The summed E-state index contributed by atoms with van der Waals surface area (Å²) < 4.78 is 0. The van der Waals surface area contributed by atoms with Crippen LogP contribution in [-0.4, -0.2) is 17.3 Å². The van der Waals surface area contributed by atoms with Crippen LogP contribution < -0.4 is 5.73 Å². The van der Waals surface area contributed by atoms with Gasteiger partial charge in [0.25, 0.3) is 0 Å². The summed E-state index contributed by atoms with van der Waals surface area (Å²) >= 11 is 5.96. The summed E-state index contributed by atoms with van der Waals surface area (Å²) in [5.41, 5.74) is 5.60. The topological polar surface area (TPSA) is 38.4 Å². The summed E-state index contributed by atoms with van der Waals surface area (Å²) in [5.74, 6) is 2.05. The van der Waals surface area contributed by atoms with Crippen LogP contribution in [0.25, 0.3) is 0 Å². The summed E-state index contributed by atoms with van der Waals surface area (Å²) in [6, 6.07) is 0.352. The van der Waals surface area contributed by atoms with E-state index in [1.807, 2.05) is 0 Å². The first kappa shape index (κ1) is 9.14. The Bertz CT molecular complexity index is 193. The number of nitrogens with two attached hydrogens (primary N) is 1. The molecular formula is C7H12Cl2N2. The Hall–Kier alpha value is 0.0500. The lowest BCUT2D eigenvalue weighted by molar-refractivity contribution is 0.499. The van der Waals surface area contributed by atoms with Gasteiger partial charge < -0.3 is 5.73 Å². The molecule has 2 rings (SSSR count). The van der Waals surface area contributed by atoms with E-state index in [1.54, 1.807) is 0 Å². The van der Waals surface area contributed by atoms with Crippen LogP contribution in [-0.2, 0) is 0 Å². The predicted octanol–water partition coefficient (Wildman–Crippen LogP) is 1.41. The average Bonchev–Trinajstić information content (AvgIpc) is 2.42. The molecule has 11 heavy (non-hydrogen) atoms. The van der Waals surface area contributed by atoms with E-state index in [9.17, 15) is 0 Å². The van der Waals surface area contributed by atoms with Gasteiger partial charge in [-0.2, -0.15) is 0 Å². The molecule has 0 radical (unpaired) electrons. The van der Waals surface area contributed by atoms with Crippen LogP contribution in [0.2, 0.25) is 0 Å². The van der Waals surface area contributed by atoms with Crippen LogP contribution in [0.15, 0.2) is 4.99 Å². The van der Waals surface area contributed by atoms with Crippen molar-refractivity contribution in [2.45, 2.75) is 24.8 Å². The number of aliphatic imine (C=N–C) groups is 1. The highest BCUT2D eigenvalue weighted by molar-refractivity contribution is 6.23. The molecule has 0 bridgehead atoms. The number of rotatable bonds is 0. The van der Waals surface area contributed by atoms with E-state index >= 15 is 0 Å². The van der Waals surface area contributed by atoms with Gasteiger partial charge in [-0.1, -0.05) is 6.92 Å². The SMILES string of the molecule is C[C@H]1CC(N)=N[C@@H]2[C@H](Cl)[C@@H]21.Cl. The molecule has 0 amide bonds. The molecule has 4 heteroatoms. The van der Waals surface area contributed by atoms with Crippen molar-refractivity contribution < 1.29 is 0 Å². The van der Waals surface area contributed by atoms with Gasteiger partial charge in [-0.25, -0.2) is 0 Å². The number of alkyl halides is 1. The minimum atomic E-state index is 0. The van der Waals surface area contributed by atoms with Crippen LogP contribution in [0.5, 0.6) is 0 Å². The Kier molecular flexibility index (Phi) is 2.35. The highest BCUT2D eigenvalue weighted by atomic mass is 35.5. The van der Waals surface area contributed by atoms with Gasteiger partial charge in [0.05, 0.1) is 17.3 Å². The number of hydrogen-bond donors (Lipinski definition) is 1. The Balaban J connectivity index is 0.000000605. The molecule has 0 aromatic rings. The number of amidine groups is 1. The van der Waals surface area contributed by atoms with Crippen molar-refractivity contribution in [1.82, 2.24) is 0 Å². The van der Waals surface area contributed by atoms with E-state index < -0.39 is 0 Å². The highest BCUT2D eigenvalue weighted by Crippen LogP contribution is 2.48. The quantitative estimate of drug-likeness (QED) is 0.583. The maximum atomic E-state index is 5.96. The van der Waals surface area contributed by atoms with Crippen molar-refractivity contribution in [3.8, 4) is 0 Å². The molecule has 0 spiro atoms. The van der Waals surface area contributed by atoms with Gasteiger partial charge in [0.2, 0.25) is 0 Å². The first-order chi connectivity index (χ1) is 4.70. The second-order valence-electron chi connectivity index (χ2n) is 3.31. The van der Waals surface area contributed by atoms with Crippen molar-refractivity contribution in [3.05, 3.63) is 0 Å².